The average Bonchev–Trinajstić information content (AvgIpc) is 3.01. The highest BCUT2D eigenvalue weighted by Gasteiger charge is 2.26. The first-order valence-corrected chi connectivity index (χ1v) is 9.88. The first-order chi connectivity index (χ1) is 13.4. The minimum atomic E-state index is -0.878. The molecular weight excluding hydrogens is 356 g/mol. The molecule has 6 nitrogen and oxygen atoms in total. The number of aryl methyl sites for hydroxylation is 2. The highest BCUT2D eigenvalue weighted by Crippen LogP contribution is 2.28. The van der Waals surface area contributed by atoms with Crippen molar-refractivity contribution < 1.29 is 19.2 Å². The fourth-order valence-electron chi connectivity index (χ4n) is 4.29. The third kappa shape index (κ3) is 4.43. The smallest absolute Gasteiger partial charge is 0.335 e. The molecule has 1 aliphatic rings. The zero-order valence-corrected chi connectivity index (χ0v) is 16.8. The molecule has 2 aromatic rings. The quantitative estimate of drug-likeness (QED) is 0.815. The molecule has 0 bridgehead atoms. The summed E-state index contributed by atoms with van der Waals surface area (Å²) in [6.07, 6.45) is 3.01. The molecule has 1 amide bonds. The maximum absolute atomic E-state index is 12.7. The minimum absolute atomic E-state index is 0.0823. The van der Waals surface area contributed by atoms with Gasteiger partial charge < -0.3 is 14.5 Å². The van der Waals surface area contributed by atoms with Gasteiger partial charge in [-0.1, -0.05) is 30.3 Å². The van der Waals surface area contributed by atoms with E-state index in [0.717, 1.165) is 54.9 Å². The second kappa shape index (κ2) is 8.59. The van der Waals surface area contributed by atoms with Gasteiger partial charge in [-0.05, 0) is 56.6 Å². The van der Waals surface area contributed by atoms with Crippen LogP contribution in [0.5, 0.6) is 0 Å². The Balaban J connectivity index is 1.54. The molecule has 1 aromatic heterocycles. The molecule has 1 N–H and O–H groups in total. The van der Waals surface area contributed by atoms with Crippen LogP contribution in [-0.4, -0.2) is 40.1 Å². The summed E-state index contributed by atoms with van der Waals surface area (Å²) in [5.41, 5.74) is 3.16. The fourth-order valence-corrected chi connectivity index (χ4v) is 4.29. The molecule has 1 fully saturated rings. The monoisotopic (exact) mass is 384 g/mol. The van der Waals surface area contributed by atoms with Gasteiger partial charge in [-0.3, -0.25) is 4.79 Å². The molecular formula is C22H28N2O4. The van der Waals surface area contributed by atoms with Gasteiger partial charge in [0.05, 0.1) is 11.3 Å². The molecule has 6 heteroatoms. The van der Waals surface area contributed by atoms with Crippen molar-refractivity contribution in [2.45, 2.75) is 52.4 Å². The Bertz CT molecular complexity index is 830. The predicted octanol–water partition coefficient (Wildman–Crippen LogP) is 3.96. The highest BCUT2D eigenvalue weighted by atomic mass is 16.5. The number of aromatic carboxylic acids is 1. The van der Waals surface area contributed by atoms with Gasteiger partial charge in [-0.2, -0.15) is 0 Å². The summed E-state index contributed by atoms with van der Waals surface area (Å²) < 4.78 is 5.22. The molecule has 1 saturated heterocycles. The van der Waals surface area contributed by atoms with E-state index in [1.807, 2.05) is 37.8 Å². The van der Waals surface area contributed by atoms with Crippen molar-refractivity contribution in [3.8, 4) is 0 Å². The van der Waals surface area contributed by atoms with E-state index >= 15 is 0 Å². The largest absolute Gasteiger partial charge is 0.478 e. The number of carbonyl (C=O) groups is 2. The number of carbonyl (C=O) groups excluding carboxylic acids is 1. The maximum atomic E-state index is 12.7. The average molecular weight is 384 g/mol. The van der Waals surface area contributed by atoms with Gasteiger partial charge in [-0.15, -0.1) is 0 Å². The normalized spacial score (nSPS) is 16.2. The van der Waals surface area contributed by atoms with Crippen LogP contribution >= 0.6 is 0 Å². The molecule has 2 heterocycles. The van der Waals surface area contributed by atoms with Crippen LogP contribution in [0.25, 0.3) is 0 Å². The number of carboxylic acid groups (broad SMARTS) is 1. The lowest BCUT2D eigenvalue weighted by atomic mass is 9.88. The highest BCUT2D eigenvalue weighted by molar-refractivity contribution is 5.89. The second-order valence-corrected chi connectivity index (χ2v) is 7.83. The van der Waals surface area contributed by atoms with Crippen molar-refractivity contribution in [1.29, 1.82) is 0 Å². The SMILES string of the molecule is Cc1noc(C)c1C(C)CC(=O)N1CCC(Cc2ccccc2C(=O)O)CC1. The standard InChI is InChI=1S/C22H28N2O4/c1-14(21-15(2)23-28-16(21)3)12-20(25)24-10-8-17(9-11-24)13-18-6-4-5-7-19(18)22(26)27/h4-7,14,17H,8-13H2,1-3H3,(H,26,27). The molecule has 1 unspecified atom stereocenters. The van der Waals surface area contributed by atoms with E-state index in [1.165, 1.54) is 0 Å². The number of nitrogens with zero attached hydrogens (tertiary/aromatic N) is 2. The zero-order valence-electron chi connectivity index (χ0n) is 16.8. The van der Waals surface area contributed by atoms with Gasteiger partial charge in [0.2, 0.25) is 5.91 Å². The number of benzene rings is 1. The Labute approximate surface area is 165 Å². The van der Waals surface area contributed by atoms with Crippen LogP contribution in [0.15, 0.2) is 28.8 Å². The third-order valence-corrected chi connectivity index (χ3v) is 5.79. The van der Waals surface area contributed by atoms with Gasteiger partial charge >= 0.3 is 5.97 Å². The molecule has 1 aromatic carbocycles. The van der Waals surface area contributed by atoms with Gasteiger partial charge in [0.1, 0.15) is 5.76 Å². The molecule has 0 saturated carbocycles. The summed E-state index contributed by atoms with van der Waals surface area (Å²) in [4.78, 5) is 26.1. The van der Waals surface area contributed by atoms with Crippen molar-refractivity contribution >= 4 is 11.9 Å². The van der Waals surface area contributed by atoms with E-state index in [2.05, 4.69) is 5.16 Å². The second-order valence-electron chi connectivity index (χ2n) is 7.83. The molecule has 0 aliphatic carbocycles. The molecule has 1 atom stereocenters. The molecule has 1 aliphatic heterocycles. The van der Waals surface area contributed by atoms with Crippen LogP contribution in [0.3, 0.4) is 0 Å². The van der Waals surface area contributed by atoms with Crippen LogP contribution in [0.4, 0.5) is 0 Å². The molecule has 28 heavy (non-hydrogen) atoms. The van der Waals surface area contributed by atoms with Crippen LogP contribution < -0.4 is 0 Å². The lowest BCUT2D eigenvalue weighted by molar-refractivity contribution is -0.132. The number of likely N-dealkylation sites (tertiary alicyclic amines) is 1. The topological polar surface area (TPSA) is 83.6 Å². The lowest BCUT2D eigenvalue weighted by Crippen LogP contribution is -2.39. The molecule has 0 spiro atoms. The van der Waals surface area contributed by atoms with Crippen LogP contribution in [0.1, 0.15) is 65.0 Å². The Morgan fingerprint density at radius 2 is 1.93 bits per heavy atom. The number of piperidine rings is 1. The number of carboxylic acids is 1. The van der Waals surface area contributed by atoms with Gasteiger partial charge in [0, 0.05) is 25.1 Å². The zero-order chi connectivity index (χ0) is 20.3. The first kappa shape index (κ1) is 20.1. The Morgan fingerprint density at radius 3 is 2.54 bits per heavy atom. The van der Waals surface area contributed by atoms with Gasteiger partial charge in [0.15, 0.2) is 0 Å². The summed E-state index contributed by atoms with van der Waals surface area (Å²) in [5.74, 6) is 0.561. The van der Waals surface area contributed by atoms with Crippen molar-refractivity contribution in [3.63, 3.8) is 0 Å². The van der Waals surface area contributed by atoms with E-state index in [4.69, 9.17) is 4.52 Å². The summed E-state index contributed by atoms with van der Waals surface area (Å²) in [5, 5.41) is 13.3. The van der Waals surface area contributed by atoms with E-state index < -0.39 is 5.97 Å². The van der Waals surface area contributed by atoms with E-state index in [-0.39, 0.29) is 11.8 Å². The lowest BCUT2D eigenvalue weighted by Gasteiger charge is -2.33. The summed E-state index contributed by atoms with van der Waals surface area (Å²) in [7, 11) is 0. The van der Waals surface area contributed by atoms with Gasteiger partial charge in [-0.25, -0.2) is 4.79 Å². The fraction of sp³-hybridized carbons (Fsp3) is 0.500. The molecule has 3 rings (SSSR count). The number of rotatable bonds is 6. The van der Waals surface area contributed by atoms with Crippen molar-refractivity contribution in [3.05, 3.63) is 52.4 Å². The number of amides is 1. The van der Waals surface area contributed by atoms with Crippen molar-refractivity contribution in [2.24, 2.45) is 5.92 Å². The minimum Gasteiger partial charge on any atom is -0.478 e. The number of hydrogen-bond donors (Lipinski definition) is 1. The van der Waals surface area contributed by atoms with Crippen LogP contribution in [0.2, 0.25) is 0 Å². The predicted molar refractivity (Wildman–Crippen MR) is 105 cm³/mol. The van der Waals surface area contributed by atoms with E-state index in [9.17, 15) is 14.7 Å². The molecule has 0 radical (unpaired) electrons. The number of aromatic nitrogens is 1. The van der Waals surface area contributed by atoms with E-state index in [0.29, 0.717) is 17.9 Å². The third-order valence-electron chi connectivity index (χ3n) is 5.79. The molecule has 150 valence electrons. The summed E-state index contributed by atoms with van der Waals surface area (Å²) in [6, 6.07) is 7.20. The maximum Gasteiger partial charge on any atom is 0.335 e. The van der Waals surface area contributed by atoms with Gasteiger partial charge in [0.25, 0.3) is 0 Å². The Kier molecular flexibility index (Phi) is 6.17. The van der Waals surface area contributed by atoms with Crippen LogP contribution in [0, 0.1) is 19.8 Å². The van der Waals surface area contributed by atoms with Crippen molar-refractivity contribution in [1.82, 2.24) is 10.1 Å². The van der Waals surface area contributed by atoms with Crippen molar-refractivity contribution in [2.75, 3.05) is 13.1 Å². The Morgan fingerprint density at radius 1 is 1.25 bits per heavy atom. The van der Waals surface area contributed by atoms with Crippen LogP contribution in [-0.2, 0) is 11.2 Å². The first-order valence-electron chi connectivity index (χ1n) is 9.88. The number of hydrogen-bond acceptors (Lipinski definition) is 4. The Hall–Kier alpha value is -2.63. The summed E-state index contributed by atoms with van der Waals surface area (Å²) >= 11 is 0. The summed E-state index contributed by atoms with van der Waals surface area (Å²) in [6.45, 7) is 7.30. The van der Waals surface area contributed by atoms with E-state index in [1.54, 1.807) is 12.1 Å².